The molecule has 74 valence electrons. The van der Waals surface area contributed by atoms with Crippen molar-refractivity contribution in [2.24, 2.45) is 11.8 Å². The highest BCUT2D eigenvalue weighted by Gasteiger charge is 2.41. The van der Waals surface area contributed by atoms with E-state index in [0.717, 1.165) is 12.0 Å². The van der Waals surface area contributed by atoms with Crippen molar-refractivity contribution in [2.75, 3.05) is 7.11 Å². The lowest BCUT2D eigenvalue weighted by Gasteiger charge is -2.19. The number of carbonyl (C=O) groups is 1. The molecule has 1 rings (SSSR count). The third-order valence-electron chi connectivity index (χ3n) is 2.73. The summed E-state index contributed by atoms with van der Waals surface area (Å²) < 4.78 is 4.64. The van der Waals surface area contributed by atoms with Gasteiger partial charge in [-0.3, -0.25) is 4.79 Å². The summed E-state index contributed by atoms with van der Waals surface area (Å²) >= 11 is 0. The number of hydrogen-bond acceptors (Lipinski definition) is 3. The van der Waals surface area contributed by atoms with Crippen LogP contribution in [0.15, 0.2) is 12.2 Å². The molecule has 1 aliphatic rings. The van der Waals surface area contributed by atoms with Crippen LogP contribution in [-0.2, 0) is 9.53 Å². The van der Waals surface area contributed by atoms with Gasteiger partial charge < -0.3 is 9.84 Å². The zero-order valence-electron chi connectivity index (χ0n) is 8.12. The molecule has 0 aromatic carbocycles. The number of carbonyl (C=O) groups excluding carboxylic acids is 1. The first kappa shape index (κ1) is 10.3. The molecule has 3 heteroatoms. The molecule has 3 atom stereocenters. The summed E-state index contributed by atoms with van der Waals surface area (Å²) in [6.07, 6.45) is 0.933. The summed E-state index contributed by atoms with van der Waals surface area (Å²) in [7, 11) is 1.35. The normalized spacial score (nSPS) is 33.0. The zero-order chi connectivity index (χ0) is 10.0. The van der Waals surface area contributed by atoms with Gasteiger partial charge in [0.15, 0.2) is 0 Å². The van der Waals surface area contributed by atoms with Gasteiger partial charge in [-0.15, -0.1) is 0 Å². The summed E-state index contributed by atoms with van der Waals surface area (Å²) in [5.41, 5.74) is 0.951. The Morgan fingerprint density at radius 2 is 2.15 bits per heavy atom. The van der Waals surface area contributed by atoms with Gasteiger partial charge in [0, 0.05) is 0 Å². The number of ether oxygens (including phenoxy) is 1. The van der Waals surface area contributed by atoms with E-state index in [4.69, 9.17) is 0 Å². The molecule has 0 amide bonds. The van der Waals surface area contributed by atoms with Gasteiger partial charge in [-0.05, 0) is 25.7 Å². The lowest BCUT2D eigenvalue weighted by molar-refractivity contribution is -0.149. The van der Waals surface area contributed by atoms with Gasteiger partial charge in [0.25, 0.3) is 0 Å². The fourth-order valence-electron chi connectivity index (χ4n) is 1.99. The molecule has 0 bridgehead atoms. The van der Waals surface area contributed by atoms with Crippen molar-refractivity contribution >= 4 is 5.97 Å². The first-order valence-corrected chi connectivity index (χ1v) is 4.49. The molecular formula is C10H16O3. The van der Waals surface area contributed by atoms with E-state index in [-0.39, 0.29) is 11.9 Å². The van der Waals surface area contributed by atoms with E-state index < -0.39 is 12.0 Å². The van der Waals surface area contributed by atoms with Crippen LogP contribution < -0.4 is 0 Å². The van der Waals surface area contributed by atoms with Crippen LogP contribution in [0.3, 0.4) is 0 Å². The molecule has 0 radical (unpaired) electrons. The van der Waals surface area contributed by atoms with Crippen molar-refractivity contribution in [1.82, 2.24) is 0 Å². The Labute approximate surface area is 78.4 Å². The van der Waals surface area contributed by atoms with Gasteiger partial charge in [-0.25, -0.2) is 0 Å². The average Bonchev–Trinajstić information content (AvgIpc) is 2.46. The van der Waals surface area contributed by atoms with E-state index >= 15 is 0 Å². The second-order valence-corrected chi connectivity index (χ2v) is 3.65. The molecule has 1 fully saturated rings. The predicted octanol–water partition coefficient (Wildman–Crippen LogP) is 1.12. The third kappa shape index (κ3) is 1.91. The predicted molar refractivity (Wildman–Crippen MR) is 49.1 cm³/mol. The van der Waals surface area contributed by atoms with Crippen LogP contribution >= 0.6 is 0 Å². The Kier molecular flexibility index (Phi) is 3.09. The lowest BCUT2D eigenvalue weighted by atomic mass is 9.89. The van der Waals surface area contributed by atoms with Gasteiger partial charge >= 0.3 is 5.97 Å². The van der Waals surface area contributed by atoms with Crippen molar-refractivity contribution in [2.45, 2.75) is 25.9 Å². The quantitative estimate of drug-likeness (QED) is 0.516. The number of hydrogen-bond donors (Lipinski definition) is 1. The fourth-order valence-corrected chi connectivity index (χ4v) is 1.99. The monoisotopic (exact) mass is 184 g/mol. The lowest BCUT2D eigenvalue weighted by Crippen LogP contribution is -2.29. The van der Waals surface area contributed by atoms with E-state index in [1.165, 1.54) is 7.11 Å². The van der Waals surface area contributed by atoms with Crippen molar-refractivity contribution in [3.8, 4) is 0 Å². The summed E-state index contributed by atoms with van der Waals surface area (Å²) in [5, 5.41) is 9.57. The van der Waals surface area contributed by atoms with Crippen molar-refractivity contribution in [3.05, 3.63) is 12.2 Å². The third-order valence-corrected chi connectivity index (χ3v) is 2.73. The summed E-state index contributed by atoms with van der Waals surface area (Å²) in [5.74, 6) is -0.636. The molecule has 0 aliphatic heterocycles. The van der Waals surface area contributed by atoms with Crippen LogP contribution in [-0.4, -0.2) is 24.3 Å². The van der Waals surface area contributed by atoms with Gasteiger partial charge in [-0.1, -0.05) is 12.2 Å². The highest BCUT2D eigenvalue weighted by atomic mass is 16.5. The molecule has 1 saturated carbocycles. The number of aliphatic hydroxyl groups is 1. The van der Waals surface area contributed by atoms with Crippen molar-refractivity contribution < 1.29 is 14.6 Å². The number of allylic oxidation sites excluding steroid dienone is 1. The molecule has 3 nitrogen and oxygen atoms in total. The van der Waals surface area contributed by atoms with Crippen LogP contribution in [0.4, 0.5) is 0 Å². The molecule has 0 aromatic rings. The molecule has 0 aromatic heterocycles. The maximum atomic E-state index is 11.3. The van der Waals surface area contributed by atoms with Gasteiger partial charge in [0.1, 0.15) is 0 Å². The number of esters is 1. The van der Waals surface area contributed by atoms with Crippen LogP contribution in [0.25, 0.3) is 0 Å². The maximum Gasteiger partial charge on any atom is 0.311 e. The molecule has 0 spiro atoms. The van der Waals surface area contributed by atoms with E-state index in [2.05, 4.69) is 11.3 Å². The van der Waals surface area contributed by atoms with E-state index in [9.17, 15) is 9.90 Å². The summed E-state index contributed by atoms with van der Waals surface area (Å²) in [4.78, 5) is 11.3. The van der Waals surface area contributed by atoms with Crippen LogP contribution in [0.5, 0.6) is 0 Å². The number of aliphatic hydroxyl groups excluding tert-OH is 1. The largest absolute Gasteiger partial charge is 0.469 e. The highest BCUT2D eigenvalue weighted by molar-refractivity contribution is 5.74. The summed E-state index contributed by atoms with van der Waals surface area (Å²) in [6.45, 7) is 5.71. The van der Waals surface area contributed by atoms with E-state index in [0.29, 0.717) is 6.42 Å². The van der Waals surface area contributed by atoms with E-state index in [1.807, 2.05) is 6.92 Å². The van der Waals surface area contributed by atoms with Gasteiger partial charge in [0.05, 0.1) is 19.1 Å². The number of rotatable bonds is 2. The second kappa shape index (κ2) is 3.92. The van der Waals surface area contributed by atoms with Crippen LogP contribution in [0, 0.1) is 11.8 Å². The summed E-state index contributed by atoms with van der Waals surface area (Å²) in [6, 6.07) is 0. The fraction of sp³-hybridized carbons (Fsp3) is 0.700. The van der Waals surface area contributed by atoms with E-state index in [1.54, 1.807) is 0 Å². The maximum absolute atomic E-state index is 11.3. The van der Waals surface area contributed by atoms with Gasteiger partial charge in [0.2, 0.25) is 0 Å². The van der Waals surface area contributed by atoms with Crippen molar-refractivity contribution in [3.63, 3.8) is 0 Å². The Hall–Kier alpha value is -0.830. The molecule has 0 saturated heterocycles. The minimum absolute atomic E-state index is 0.0856. The SMILES string of the molecule is C=C(C)C1CCC(O)C1C(=O)OC. The van der Waals surface area contributed by atoms with Crippen LogP contribution in [0.2, 0.25) is 0 Å². The Balaban J connectivity index is 2.76. The van der Waals surface area contributed by atoms with Gasteiger partial charge in [-0.2, -0.15) is 0 Å². The van der Waals surface area contributed by atoms with Crippen molar-refractivity contribution in [1.29, 1.82) is 0 Å². The molecular weight excluding hydrogens is 168 g/mol. The van der Waals surface area contributed by atoms with Crippen LogP contribution in [0.1, 0.15) is 19.8 Å². The first-order valence-electron chi connectivity index (χ1n) is 4.49. The highest BCUT2D eigenvalue weighted by Crippen LogP contribution is 2.36. The minimum atomic E-state index is -0.561. The molecule has 13 heavy (non-hydrogen) atoms. The Morgan fingerprint density at radius 1 is 1.54 bits per heavy atom. The standard InChI is InChI=1S/C10H16O3/c1-6(2)7-4-5-8(11)9(7)10(12)13-3/h7-9,11H,1,4-5H2,2-3H3. The smallest absolute Gasteiger partial charge is 0.311 e. The Bertz CT molecular complexity index is 222. The molecule has 1 N–H and O–H groups in total. The molecule has 0 heterocycles. The zero-order valence-corrected chi connectivity index (χ0v) is 8.12. The topological polar surface area (TPSA) is 46.5 Å². The average molecular weight is 184 g/mol. The molecule has 1 aliphatic carbocycles. The second-order valence-electron chi connectivity index (χ2n) is 3.65. The first-order chi connectivity index (χ1) is 6.07. The minimum Gasteiger partial charge on any atom is -0.469 e. The number of methoxy groups -OCH3 is 1. The Morgan fingerprint density at radius 3 is 2.62 bits per heavy atom. The molecule has 3 unspecified atom stereocenters.